The number of carbonyl (C=O) groups is 6. The van der Waals surface area contributed by atoms with Gasteiger partial charge in [-0.05, 0) is 75.8 Å². The summed E-state index contributed by atoms with van der Waals surface area (Å²) in [5, 5.41) is 8.58. The molecular formula is C41H50FN5O9. The van der Waals surface area contributed by atoms with Crippen molar-refractivity contribution in [1.82, 2.24) is 25.8 Å². The van der Waals surface area contributed by atoms with Crippen LogP contribution < -0.4 is 16.0 Å². The second-order valence-corrected chi connectivity index (χ2v) is 15.9. The average molecular weight is 776 g/mol. The molecule has 0 spiro atoms. The highest BCUT2D eigenvalue weighted by Gasteiger charge is 2.61. The lowest BCUT2D eigenvalue weighted by molar-refractivity contribution is -0.141. The van der Waals surface area contributed by atoms with E-state index in [1.807, 2.05) is 12.2 Å². The van der Waals surface area contributed by atoms with Gasteiger partial charge in [-0.15, -0.1) is 0 Å². The quantitative estimate of drug-likeness (QED) is 0.215. The number of hydrogen-bond donors (Lipinski definition) is 3. The Hall–Kier alpha value is -5.47. The minimum absolute atomic E-state index is 0.0154. The molecule has 3 heterocycles. The van der Waals surface area contributed by atoms with Gasteiger partial charge in [-0.3, -0.25) is 19.3 Å². The van der Waals surface area contributed by atoms with Gasteiger partial charge in [-0.25, -0.2) is 18.8 Å². The number of alkyl carbamates (subject to hydrolysis) is 1. The van der Waals surface area contributed by atoms with E-state index in [0.29, 0.717) is 35.1 Å². The minimum Gasteiger partial charge on any atom is -0.465 e. The Morgan fingerprint density at radius 3 is 2.57 bits per heavy atom. The van der Waals surface area contributed by atoms with Gasteiger partial charge in [0.1, 0.15) is 35.1 Å². The number of carbonyl (C=O) groups excluding carboxylic acids is 6. The molecule has 6 rings (SSSR count). The third-order valence-corrected chi connectivity index (χ3v) is 10.6. The molecule has 2 aromatic rings. The topological polar surface area (TPSA) is 173 Å². The maximum absolute atomic E-state index is 14.5. The van der Waals surface area contributed by atoms with Crippen molar-refractivity contribution in [2.45, 2.75) is 115 Å². The molecule has 3 N–H and O–H groups in total. The molecule has 0 unspecified atom stereocenters. The van der Waals surface area contributed by atoms with Crippen molar-refractivity contribution in [3.8, 4) is 0 Å². The summed E-state index contributed by atoms with van der Waals surface area (Å²) < 4.78 is 30.6. The van der Waals surface area contributed by atoms with Crippen LogP contribution in [0.15, 0.2) is 54.6 Å². The molecule has 5 amide bonds. The van der Waals surface area contributed by atoms with Crippen molar-refractivity contribution in [3.63, 3.8) is 0 Å². The highest BCUT2D eigenvalue weighted by Crippen LogP contribution is 2.45. The van der Waals surface area contributed by atoms with Gasteiger partial charge in [0, 0.05) is 31.0 Å². The Balaban J connectivity index is 1.23. The van der Waals surface area contributed by atoms with E-state index in [1.54, 1.807) is 57.2 Å². The number of hydrogen-bond acceptors (Lipinski definition) is 9. The van der Waals surface area contributed by atoms with Crippen molar-refractivity contribution < 1.29 is 47.4 Å². The number of amides is 5. The number of allylic oxidation sites excluding steroid dienone is 1. The highest BCUT2D eigenvalue weighted by molar-refractivity contribution is 5.98. The van der Waals surface area contributed by atoms with Gasteiger partial charge in [0.25, 0.3) is 0 Å². The molecular weight excluding hydrogens is 725 g/mol. The third kappa shape index (κ3) is 9.31. The van der Waals surface area contributed by atoms with Crippen LogP contribution in [0.2, 0.25) is 0 Å². The Morgan fingerprint density at radius 1 is 1.04 bits per heavy atom. The molecule has 1 saturated carbocycles. The van der Waals surface area contributed by atoms with E-state index < -0.39 is 71.0 Å². The van der Waals surface area contributed by atoms with E-state index in [-0.39, 0.29) is 44.9 Å². The molecule has 5 atom stereocenters. The first kappa shape index (κ1) is 40.2. The van der Waals surface area contributed by atoms with E-state index in [1.165, 1.54) is 23.0 Å². The van der Waals surface area contributed by atoms with Gasteiger partial charge in [-0.1, -0.05) is 49.3 Å². The zero-order valence-electron chi connectivity index (χ0n) is 32.2. The van der Waals surface area contributed by atoms with Crippen LogP contribution in [0.4, 0.5) is 14.0 Å². The SMILES string of the molecule is COC(=O)c1cccc(CNC(=O)[C@@]23C[C@H]2/C=C\CCCCC[C@H](NC(=O)OC(C)(C)C)C(=O)N2C[C@H](OC(=O)N4Cc5cccc(F)c5C4)C[C@H]2C(=O)N3)c1. The molecule has 0 bridgehead atoms. The van der Waals surface area contributed by atoms with E-state index >= 15 is 0 Å². The summed E-state index contributed by atoms with van der Waals surface area (Å²) in [4.78, 5) is 83.9. The molecule has 0 radical (unpaired) electrons. The summed E-state index contributed by atoms with van der Waals surface area (Å²) in [5.74, 6) is -2.85. The van der Waals surface area contributed by atoms with Gasteiger partial charge in [0.05, 0.1) is 25.8 Å². The highest BCUT2D eigenvalue weighted by atomic mass is 19.1. The molecule has 4 aliphatic rings. The fourth-order valence-electron chi connectivity index (χ4n) is 7.61. The molecule has 14 nitrogen and oxygen atoms in total. The first-order valence-corrected chi connectivity index (χ1v) is 19.1. The maximum Gasteiger partial charge on any atom is 0.410 e. The van der Waals surface area contributed by atoms with E-state index in [0.717, 1.165) is 19.3 Å². The second-order valence-electron chi connectivity index (χ2n) is 15.9. The van der Waals surface area contributed by atoms with E-state index in [2.05, 4.69) is 16.0 Å². The summed E-state index contributed by atoms with van der Waals surface area (Å²) in [6.07, 6.45) is 4.90. The largest absolute Gasteiger partial charge is 0.465 e. The molecule has 2 fully saturated rings. The maximum atomic E-state index is 14.5. The fraction of sp³-hybridized carbons (Fsp3) is 0.512. The number of esters is 1. The lowest BCUT2D eigenvalue weighted by Crippen LogP contribution is -2.57. The van der Waals surface area contributed by atoms with Crippen LogP contribution in [0, 0.1) is 11.7 Å². The van der Waals surface area contributed by atoms with Crippen LogP contribution in [-0.2, 0) is 48.2 Å². The van der Waals surface area contributed by atoms with Crippen LogP contribution in [0.3, 0.4) is 0 Å². The fourth-order valence-corrected chi connectivity index (χ4v) is 7.61. The van der Waals surface area contributed by atoms with E-state index in [9.17, 15) is 33.2 Å². The van der Waals surface area contributed by atoms with Crippen molar-refractivity contribution in [2.75, 3.05) is 13.7 Å². The van der Waals surface area contributed by atoms with Crippen molar-refractivity contribution in [2.24, 2.45) is 5.92 Å². The Morgan fingerprint density at radius 2 is 1.82 bits per heavy atom. The van der Waals surface area contributed by atoms with Crippen molar-refractivity contribution in [1.29, 1.82) is 0 Å². The molecule has 56 heavy (non-hydrogen) atoms. The number of benzene rings is 2. The zero-order chi connectivity index (χ0) is 40.2. The van der Waals surface area contributed by atoms with Gasteiger partial charge in [-0.2, -0.15) is 0 Å². The van der Waals surface area contributed by atoms with Crippen LogP contribution in [-0.4, -0.2) is 88.7 Å². The lowest BCUT2D eigenvalue weighted by Gasteiger charge is -2.30. The molecule has 1 saturated heterocycles. The summed E-state index contributed by atoms with van der Waals surface area (Å²) in [6, 6.07) is 9.11. The van der Waals surface area contributed by atoms with Crippen LogP contribution in [0.25, 0.3) is 0 Å². The van der Waals surface area contributed by atoms with Crippen LogP contribution >= 0.6 is 0 Å². The van der Waals surface area contributed by atoms with Crippen molar-refractivity contribution >= 4 is 35.9 Å². The number of nitrogens with zero attached hydrogens (tertiary/aromatic N) is 2. The van der Waals surface area contributed by atoms with Crippen molar-refractivity contribution in [3.05, 3.63) is 82.7 Å². The monoisotopic (exact) mass is 775 g/mol. The van der Waals surface area contributed by atoms with Crippen LogP contribution in [0.1, 0.15) is 92.8 Å². The predicted octanol–water partition coefficient (Wildman–Crippen LogP) is 4.64. The second kappa shape index (κ2) is 16.7. The molecule has 3 aliphatic heterocycles. The molecule has 300 valence electrons. The summed E-state index contributed by atoms with van der Waals surface area (Å²) in [7, 11) is 1.28. The number of rotatable bonds is 6. The Kier molecular flexibility index (Phi) is 12.0. The molecule has 1 aliphatic carbocycles. The molecule has 2 aromatic carbocycles. The Bertz CT molecular complexity index is 1900. The molecule has 0 aromatic heterocycles. The summed E-state index contributed by atoms with van der Waals surface area (Å²) in [6.45, 7) is 5.22. The number of methoxy groups -OCH3 is 1. The number of nitrogens with one attached hydrogen (secondary N) is 3. The van der Waals surface area contributed by atoms with Gasteiger partial charge >= 0.3 is 18.2 Å². The normalized spacial score (nSPS) is 25.6. The zero-order valence-corrected chi connectivity index (χ0v) is 32.2. The van der Waals surface area contributed by atoms with E-state index in [4.69, 9.17) is 14.2 Å². The average Bonchev–Trinajstić information content (AvgIpc) is 3.44. The number of ether oxygens (including phenoxy) is 3. The van der Waals surface area contributed by atoms with Gasteiger partial charge in [0.2, 0.25) is 17.7 Å². The standard InChI is InChI=1S/C41H50FN5O9/c1-40(2,3)56-38(52)44-32-17-9-7-5-6-8-15-28-20-41(28,37(51)43-21-25-12-10-13-26(18-25)36(50)54-4)45-34(48)33-19-29(23-47(33)35(32)49)55-39(53)46-22-27-14-11-16-31(42)30(27)24-46/h8,10-16,18,28-29,32-33H,5-7,9,17,19-24H2,1-4H3,(H,43,51)(H,44,52)(H,45,48)/b15-8-/t28-,29-,32+,33+,41-/m1/s1. The minimum atomic E-state index is -1.32. The van der Waals surface area contributed by atoms with Gasteiger partial charge < -0.3 is 35.1 Å². The first-order chi connectivity index (χ1) is 26.7. The Labute approximate surface area is 325 Å². The first-order valence-electron chi connectivity index (χ1n) is 19.1. The smallest absolute Gasteiger partial charge is 0.410 e. The lowest BCUT2D eigenvalue weighted by atomic mass is 10.0. The third-order valence-electron chi connectivity index (χ3n) is 10.6. The number of fused-ring (bicyclic) bond motifs is 3. The van der Waals surface area contributed by atoms with Crippen LogP contribution in [0.5, 0.6) is 0 Å². The number of halogens is 1. The summed E-state index contributed by atoms with van der Waals surface area (Å²) in [5.41, 5.74) is -0.0996. The van der Waals surface area contributed by atoms with Gasteiger partial charge in [0.15, 0.2) is 0 Å². The predicted molar refractivity (Wildman–Crippen MR) is 200 cm³/mol. The summed E-state index contributed by atoms with van der Waals surface area (Å²) >= 11 is 0. The molecule has 15 heteroatoms.